The van der Waals surface area contributed by atoms with E-state index in [-0.39, 0.29) is 25.2 Å². The maximum absolute atomic E-state index is 15.2. The fraction of sp³-hybridized carbons (Fsp3) is 0.568. The number of para-hydroxylation sites is 1. The van der Waals surface area contributed by atoms with Gasteiger partial charge < -0.3 is 39.0 Å². The van der Waals surface area contributed by atoms with E-state index < -0.39 is 51.9 Å². The molecule has 0 radical (unpaired) electrons. The number of rotatable bonds is 9. The maximum atomic E-state index is 15.2. The summed E-state index contributed by atoms with van der Waals surface area (Å²) in [6.07, 6.45) is 6.27. The lowest BCUT2D eigenvalue weighted by molar-refractivity contribution is -0.228. The molecule has 1 spiro atoms. The van der Waals surface area contributed by atoms with E-state index in [2.05, 4.69) is 33.8 Å². The number of hydrogen-bond donors (Lipinski definition) is 3. The summed E-state index contributed by atoms with van der Waals surface area (Å²) < 4.78 is 23.8. The minimum absolute atomic E-state index is 0.170. The first-order valence-electron chi connectivity index (χ1n) is 20.3. The van der Waals surface area contributed by atoms with E-state index in [9.17, 15) is 19.8 Å². The fourth-order valence-electron chi connectivity index (χ4n) is 12.5. The predicted octanol–water partition coefficient (Wildman–Crippen LogP) is 3.95. The third kappa shape index (κ3) is 5.10. The summed E-state index contributed by atoms with van der Waals surface area (Å²) in [5.41, 5.74) is -0.849. The van der Waals surface area contributed by atoms with Crippen LogP contribution in [0.25, 0.3) is 10.9 Å². The van der Waals surface area contributed by atoms with Crippen LogP contribution < -0.4 is 9.64 Å². The molecule has 4 aliphatic heterocycles. The van der Waals surface area contributed by atoms with E-state index in [0.717, 1.165) is 46.3 Å². The van der Waals surface area contributed by atoms with Crippen LogP contribution in [0.15, 0.2) is 48.6 Å². The molecule has 1 saturated carbocycles. The van der Waals surface area contributed by atoms with E-state index >= 15 is 4.79 Å². The molecule has 306 valence electrons. The molecule has 5 heterocycles. The number of carbonyl (C=O) groups is 3. The second kappa shape index (κ2) is 14.1. The van der Waals surface area contributed by atoms with Crippen molar-refractivity contribution in [1.82, 2.24) is 14.8 Å². The Labute approximate surface area is 333 Å². The van der Waals surface area contributed by atoms with Crippen LogP contribution in [0.3, 0.4) is 0 Å². The summed E-state index contributed by atoms with van der Waals surface area (Å²) in [7, 11) is 6.10. The van der Waals surface area contributed by atoms with Gasteiger partial charge in [0.2, 0.25) is 5.60 Å². The molecule has 13 heteroatoms. The fourth-order valence-corrected chi connectivity index (χ4v) is 12.5. The third-order valence-electron chi connectivity index (χ3n) is 14.5. The van der Waals surface area contributed by atoms with Crippen molar-refractivity contribution in [3.05, 3.63) is 70.9 Å². The van der Waals surface area contributed by atoms with Gasteiger partial charge in [0.05, 0.1) is 34.1 Å². The Bertz CT molecular complexity index is 2130. The number of likely N-dealkylation sites (N-methyl/N-ethyl adjacent to an activating group) is 1. The van der Waals surface area contributed by atoms with Gasteiger partial charge in [-0.2, -0.15) is 0 Å². The third-order valence-corrected chi connectivity index (χ3v) is 14.5. The molecule has 5 aliphatic rings. The van der Waals surface area contributed by atoms with Crippen LogP contribution >= 0.6 is 0 Å². The first kappa shape index (κ1) is 39.4. The second-order valence-corrected chi connectivity index (χ2v) is 16.7. The van der Waals surface area contributed by atoms with Crippen molar-refractivity contribution in [2.75, 3.05) is 59.6 Å². The van der Waals surface area contributed by atoms with Crippen molar-refractivity contribution in [2.24, 2.45) is 5.41 Å². The SMILES string of the molecule is CCC[C@H]1CC(C(=O)OC)(c2cc3c(cc2OC)N(C)[C@H]2C(O)(C(=O)OC)[C@H](OC(C)=O)[C@]4(CC)C=CCN5CC[C@]32[C@@H]54)c2[nH]c3ccccc3c2CCN1CO. The summed E-state index contributed by atoms with van der Waals surface area (Å²) in [5, 5.41) is 25.1. The molecule has 1 aromatic heterocycles. The normalized spacial score (nSPS) is 33.1. The number of nitrogens with one attached hydrogen (secondary N) is 1. The summed E-state index contributed by atoms with van der Waals surface area (Å²) in [6, 6.07) is 10.6. The monoisotopic (exact) mass is 784 g/mol. The van der Waals surface area contributed by atoms with Crippen LogP contribution in [0.1, 0.15) is 75.3 Å². The Hall–Kier alpha value is -4.43. The number of hydrogen-bond acceptors (Lipinski definition) is 12. The largest absolute Gasteiger partial charge is 0.496 e. The topological polar surface area (TPSA) is 154 Å². The molecule has 8 rings (SSSR count). The van der Waals surface area contributed by atoms with Crippen LogP contribution in [0.4, 0.5) is 5.69 Å². The van der Waals surface area contributed by atoms with E-state index in [1.165, 1.54) is 21.1 Å². The van der Waals surface area contributed by atoms with Gasteiger partial charge in [0.1, 0.15) is 11.2 Å². The number of ether oxygens (including phenoxy) is 4. The summed E-state index contributed by atoms with van der Waals surface area (Å²) in [6.45, 7) is 7.14. The molecule has 8 atom stereocenters. The van der Waals surface area contributed by atoms with Gasteiger partial charge in [-0.1, -0.05) is 50.6 Å². The van der Waals surface area contributed by atoms with E-state index in [1.807, 2.05) is 55.3 Å². The summed E-state index contributed by atoms with van der Waals surface area (Å²) in [5.74, 6) is -1.51. The molecular weight excluding hydrogens is 729 g/mol. The molecule has 1 saturated heterocycles. The molecule has 2 unspecified atom stereocenters. The van der Waals surface area contributed by atoms with Crippen LogP contribution in [-0.2, 0) is 45.8 Å². The lowest BCUT2D eigenvalue weighted by atomic mass is 9.47. The molecular formula is C44H56N4O9. The average molecular weight is 785 g/mol. The highest BCUT2D eigenvalue weighted by atomic mass is 16.6. The lowest BCUT2D eigenvalue weighted by Gasteiger charge is -2.63. The van der Waals surface area contributed by atoms with Crippen molar-refractivity contribution < 1.29 is 43.5 Å². The molecule has 0 amide bonds. The number of aliphatic hydroxyl groups excluding tert-OH is 1. The zero-order valence-electron chi connectivity index (χ0n) is 34.1. The van der Waals surface area contributed by atoms with Crippen molar-refractivity contribution in [3.63, 3.8) is 0 Å². The first-order chi connectivity index (χ1) is 27.4. The zero-order chi connectivity index (χ0) is 40.7. The number of H-pyrrole nitrogens is 1. The Morgan fingerprint density at radius 2 is 1.75 bits per heavy atom. The van der Waals surface area contributed by atoms with Crippen LogP contribution in [0, 0.1) is 5.41 Å². The highest BCUT2D eigenvalue weighted by Gasteiger charge is 2.80. The molecule has 0 bridgehead atoms. The van der Waals surface area contributed by atoms with Crippen LogP contribution in [0.2, 0.25) is 0 Å². The van der Waals surface area contributed by atoms with Crippen molar-refractivity contribution in [1.29, 1.82) is 0 Å². The number of aliphatic hydroxyl groups is 2. The Kier molecular flexibility index (Phi) is 9.77. The van der Waals surface area contributed by atoms with Crippen molar-refractivity contribution in [2.45, 2.75) is 100.0 Å². The molecule has 3 aromatic rings. The van der Waals surface area contributed by atoms with Crippen molar-refractivity contribution in [3.8, 4) is 5.75 Å². The number of aromatic amines is 1. The zero-order valence-corrected chi connectivity index (χ0v) is 34.1. The van der Waals surface area contributed by atoms with Gasteiger partial charge in [-0.3, -0.25) is 19.4 Å². The number of fused-ring (bicyclic) bond motifs is 4. The Balaban J connectivity index is 1.48. The number of anilines is 1. The van der Waals surface area contributed by atoms with Gasteiger partial charge in [-0.25, -0.2) is 4.79 Å². The smallest absolute Gasteiger partial charge is 0.344 e. The highest BCUT2D eigenvalue weighted by Crippen LogP contribution is 2.68. The summed E-state index contributed by atoms with van der Waals surface area (Å²) in [4.78, 5) is 52.5. The average Bonchev–Trinajstić information content (AvgIpc) is 3.87. The number of carbonyl (C=O) groups excluding carboxylic acids is 3. The van der Waals surface area contributed by atoms with Crippen LogP contribution in [0.5, 0.6) is 5.75 Å². The number of aromatic nitrogens is 1. The molecule has 1 aliphatic carbocycles. The van der Waals surface area contributed by atoms with E-state index in [4.69, 9.17) is 18.9 Å². The van der Waals surface area contributed by atoms with Gasteiger partial charge in [0.25, 0.3) is 0 Å². The molecule has 13 nitrogen and oxygen atoms in total. The van der Waals surface area contributed by atoms with E-state index in [1.54, 1.807) is 7.11 Å². The van der Waals surface area contributed by atoms with Crippen molar-refractivity contribution >= 4 is 34.5 Å². The number of nitrogens with zero attached hydrogens (tertiary/aromatic N) is 3. The quantitative estimate of drug-likeness (QED) is 0.164. The summed E-state index contributed by atoms with van der Waals surface area (Å²) >= 11 is 0. The highest BCUT2D eigenvalue weighted by molar-refractivity contribution is 5.95. The van der Waals surface area contributed by atoms with Gasteiger partial charge in [-0.15, -0.1) is 0 Å². The Morgan fingerprint density at radius 3 is 2.42 bits per heavy atom. The molecule has 3 N–H and O–H groups in total. The number of esters is 3. The van der Waals surface area contributed by atoms with Gasteiger partial charge in [-0.05, 0) is 61.9 Å². The molecule has 2 aromatic carbocycles. The number of methoxy groups -OCH3 is 3. The van der Waals surface area contributed by atoms with Gasteiger partial charge >= 0.3 is 17.9 Å². The molecule has 2 fully saturated rings. The maximum Gasteiger partial charge on any atom is 0.344 e. The predicted molar refractivity (Wildman–Crippen MR) is 213 cm³/mol. The Morgan fingerprint density at radius 1 is 1.00 bits per heavy atom. The van der Waals surface area contributed by atoms with Gasteiger partial charge in [0.15, 0.2) is 6.10 Å². The first-order valence-corrected chi connectivity index (χ1v) is 20.3. The second-order valence-electron chi connectivity index (χ2n) is 16.7. The molecule has 57 heavy (non-hydrogen) atoms. The van der Waals surface area contributed by atoms with Crippen LogP contribution in [-0.4, -0.2) is 127 Å². The minimum atomic E-state index is -2.30. The lowest BCUT2D eigenvalue weighted by Crippen LogP contribution is -2.81. The van der Waals surface area contributed by atoms with Gasteiger partial charge in [0, 0.05) is 83.9 Å². The standard InChI is InChI=1S/C44H56N4O9/c1-8-13-27-24-43(39(51)55-6,35-29(16-20-48(27)25-49)28-14-10-11-15-32(28)45-35)31-22-30-33(23-34(31)54-5)46(4)37-42(30)18-21-47-19-12-17-41(9-2,36(42)47)38(57-26(3)50)44(37,53)40(52)56-7/h10-12,14-15,17,22-23,27,36-38,45,49,53H,8-9,13,16,18-21,24-25H2,1-7H3/t27-,36-,37+,38+,41+,42+,43?,44?/m0/s1. The van der Waals surface area contributed by atoms with E-state index in [0.29, 0.717) is 50.2 Å². The number of benzene rings is 2. The minimum Gasteiger partial charge on any atom is -0.496 e.